The fourth-order valence-corrected chi connectivity index (χ4v) is 11.5. The summed E-state index contributed by atoms with van der Waals surface area (Å²) in [6.07, 6.45) is 0. The number of fused-ring (bicyclic) bond motifs is 11. The summed E-state index contributed by atoms with van der Waals surface area (Å²) in [7, 11) is -3.23. The lowest BCUT2D eigenvalue weighted by molar-refractivity contribution is 0.592. The summed E-state index contributed by atoms with van der Waals surface area (Å²) in [6, 6.07) is 58.0. The minimum atomic E-state index is -3.23. The molecule has 0 spiro atoms. The van der Waals surface area contributed by atoms with Crippen LogP contribution in [0.3, 0.4) is 0 Å². The van der Waals surface area contributed by atoms with E-state index in [-0.39, 0.29) is 0 Å². The van der Waals surface area contributed by atoms with E-state index >= 15 is 4.57 Å². The Hall–Kier alpha value is -5.27. The first-order valence-electron chi connectivity index (χ1n) is 15.9. The lowest BCUT2D eigenvalue weighted by Crippen LogP contribution is -2.25. The Balaban J connectivity index is 1.24. The Morgan fingerprint density at radius 3 is 1.32 bits per heavy atom. The SMILES string of the molecule is O=P(c1ccc2ccccc2c1)(c1ccc2ccccc2c1)c1ccc2c(c1)sc1cc3c4ccccc4c4ccccc4c3cc12. The Bertz CT molecular complexity index is 2870. The van der Waals surface area contributed by atoms with E-state index in [0.29, 0.717) is 0 Å². The molecule has 47 heavy (non-hydrogen) atoms. The largest absolute Gasteiger partial charge is 0.309 e. The summed E-state index contributed by atoms with van der Waals surface area (Å²) >= 11 is 1.80. The number of benzene rings is 9. The first-order valence-corrected chi connectivity index (χ1v) is 18.5. The van der Waals surface area contributed by atoms with Crippen LogP contribution >= 0.6 is 18.5 Å². The molecule has 9 aromatic carbocycles. The highest BCUT2D eigenvalue weighted by atomic mass is 32.1. The second-order valence-electron chi connectivity index (χ2n) is 12.4. The maximum absolute atomic E-state index is 15.9. The molecule has 10 aromatic rings. The fraction of sp³-hybridized carbons (Fsp3) is 0. The maximum Gasteiger partial charge on any atom is 0.171 e. The van der Waals surface area contributed by atoms with Gasteiger partial charge in [0.1, 0.15) is 0 Å². The van der Waals surface area contributed by atoms with Crippen LogP contribution in [0.5, 0.6) is 0 Å². The Labute approximate surface area is 275 Å². The quantitative estimate of drug-likeness (QED) is 0.140. The number of hydrogen-bond donors (Lipinski definition) is 0. The Kier molecular flexibility index (Phi) is 5.79. The van der Waals surface area contributed by atoms with Crippen molar-refractivity contribution in [1.29, 1.82) is 0 Å². The highest BCUT2D eigenvalue weighted by molar-refractivity contribution is 7.85. The summed E-state index contributed by atoms with van der Waals surface area (Å²) in [4.78, 5) is 0. The van der Waals surface area contributed by atoms with Crippen molar-refractivity contribution in [2.75, 3.05) is 0 Å². The second kappa shape index (κ2) is 10.1. The minimum absolute atomic E-state index is 0.857. The van der Waals surface area contributed by atoms with Crippen LogP contribution in [0.1, 0.15) is 0 Å². The van der Waals surface area contributed by atoms with E-state index in [1.807, 2.05) is 12.1 Å². The Morgan fingerprint density at radius 1 is 0.319 bits per heavy atom. The molecule has 0 aliphatic carbocycles. The molecule has 0 saturated carbocycles. The molecule has 0 fully saturated rings. The summed E-state index contributed by atoms with van der Waals surface area (Å²) in [5.74, 6) is 0. The van der Waals surface area contributed by atoms with Crippen LogP contribution in [0.25, 0.3) is 74.0 Å². The summed E-state index contributed by atoms with van der Waals surface area (Å²) < 4.78 is 18.3. The highest BCUT2D eigenvalue weighted by Gasteiger charge is 2.31. The molecule has 0 saturated heterocycles. The van der Waals surface area contributed by atoms with Gasteiger partial charge >= 0.3 is 0 Å². The standard InChI is InChI=1S/C44H27OPS/c45-46(32-19-17-28-9-1-3-11-30(28)23-32,33-20-18-29-10-2-4-12-31(29)24-33)34-21-22-39-42-26-40-37-15-7-5-13-35(37)36-14-6-8-16-38(36)41(40)27-44(42)47-43(39)25-34/h1-27H. The molecule has 220 valence electrons. The van der Waals surface area contributed by atoms with E-state index in [4.69, 9.17) is 0 Å². The first kappa shape index (κ1) is 26.9. The third-order valence-corrected chi connectivity index (χ3v) is 14.0. The third kappa shape index (κ3) is 3.99. The van der Waals surface area contributed by atoms with Gasteiger partial charge < -0.3 is 4.57 Å². The predicted octanol–water partition coefficient (Wildman–Crippen LogP) is 11.5. The van der Waals surface area contributed by atoms with E-state index in [9.17, 15) is 0 Å². The van der Waals surface area contributed by atoms with Crippen LogP contribution in [-0.2, 0) is 4.57 Å². The van der Waals surface area contributed by atoms with E-state index in [1.54, 1.807) is 11.3 Å². The monoisotopic (exact) mass is 634 g/mol. The normalized spacial score (nSPS) is 12.3. The van der Waals surface area contributed by atoms with Crippen LogP contribution in [0.2, 0.25) is 0 Å². The maximum atomic E-state index is 15.9. The van der Waals surface area contributed by atoms with Crippen LogP contribution < -0.4 is 15.9 Å². The van der Waals surface area contributed by atoms with Crippen LogP contribution in [0.15, 0.2) is 164 Å². The average molecular weight is 635 g/mol. The molecular formula is C44H27OPS. The van der Waals surface area contributed by atoms with E-state index in [2.05, 4.69) is 152 Å². The van der Waals surface area contributed by atoms with Crippen molar-refractivity contribution in [3.63, 3.8) is 0 Å². The van der Waals surface area contributed by atoms with Gasteiger partial charge in [-0.15, -0.1) is 11.3 Å². The summed E-state index contributed by atoms with van der Waals surface area (Å²) in [5, 5.41) is 17.2. The van der Waals surface area contributed by atoms with Crippen molar-refractivity contribution in [2.45, 2.75) is 0 Å². The first-order chi connectivity index (χ1) is 23.1. The lowest BCUT2D eigenvalue weighted by atomic mass is 9.93. The Morgan fingerprint density at radius 2 is 0.745 bits per heavy atom. The molecular weight excluding hydrogens is 608 g/mol. The fourth-order valence-electron chi connectivity index (χ4n) is 7.55. The van der Waals surface area contributed by atoms with Gasteiger partial charge in [0.25, 0.3) is 0 Å². The smallest absolute Gasteiger partial charge is 0.171 e. The molecule has 0 aliphatic heterocycles. The average Bonchev–Trinajstić information content (AvgIpc) is 3.50. The van der Waals surface area contributed by atoms with Gasteiger partial charge in [-0.05, 0) is 84.2 Å². The molecule has 0 bridgehead atoms. The van der Waals surface area contributed by atoms with Crippen molar-refractivity contribution in [2.24, 2.45) is 0 Å². The number of rotatable bonds is 3. The zero-order valence-electron chi connectivity index (χ0n) is 25.4. The van der Waals surface area contributed by atoms with E-state index in [0.717, 1.165) is 42.2 Å². The van der Waals surface area contributed by atoms with E-state index < -0.39 is 7.14 Å². The van der Waals surface area contributed by atoms with Gasteiger partial charge in [0.15, 0.2) is 7.14 Å². The van der Waals surface area contributed by atoms with Gasteiger partial charge in [-0.2, -0.15) is 0 Å². The van der Waals surface area contributed by atoms with Crippen molar-refractivity contribution in [3.05, 3.63) is 164 Å². The van der Waals surface area contributed by atoms with Gasteiger partial charge in [0, 0.05) is 36.1 Å². The number of thiophene rings is 1. The van der Waals surface area contributed by atoms with Gasteiger partial charge in [0.2, 0.25) is 0 Å². The molecule has 0 radical (unpaired) electrons. The molecule has 10 rings (SSSR count). The molecule has 1 heterocycles. The van der Waals surface area contributed by atoms with Crippen LogP contribution in [0.4, 0.5) is 0 Å². The van der Waals surface area contributed by atoms with Gasteiger partial charge in [-0.1, -0.05) is 133 Å². The zero-order chi connectivity index (χ0) is 31.1. The van der Waals surface area contributed by atoms with Crippen LogP contribution in [-0.4, -0.2) is 0 Å². The molecule has 3 heteroatoms. The lowest BCUT2D eigenvalue weighted by Gasteiger charge is -2.21. The minimum Gasteiger partial charge on any atom is -0.309 e. The van der Waals surface area contributed by atoms with Crippen molar-refractivity contribution in [1.82, 2.24) is 0 Å². The molecule has 1 nitrogen and oxygen atoms in total. The van der Waals surface area contributed by atoms with Crippen molar-refractivity contribution in [3.8, 4) is 0 Å². The predicted molar refractivity (Wildman–Crippen MR) is 206 cm³/mol. The molecule has 0 aliphatic rings. The topological polar surface area (TPSA) is 17.1 Å². The molecule has 0 atom stereocenters. The summed E-state index contributed by atoms with van der Waals surface area (Å²) in [6.45, 7) is 0. The summed E-state index contributed by atoms with van der Waals surface area (Å²) in [5.41, 5.74) is 0. The van der Waals surface area contributed by atoms with Gasteiger partial charge in [-0.3, -0.25) is 0 Å². The number of hydrogen-bond acceptors (Lipinski definition) is 2. The van der Waals surface area contributed by atoms with Gasteiger partial charge in [-0.25, -0.2) is 0 Å². The van der Waals surface area contributed by atoms with Crippen LogP contribution in [0, 0.1) is 0 Å². The van der Waals surface area contributed by atoms with Crippen molar-refractivity contribution < 1.29 is 4.57 Å². The molecule has 0 unspecified atom stereocenters. The molecule has 1 aromatic heterocycles. The zero-order valence-corrected chi connectivity index (χ0v) is 27.1. The second-order valence-corrected chi connectivity index (χ2v) is 16.3. The molecule has 0 N–H and O–H groups in total. The highest BCUT2D eigenvalue weighted by Crippen LogP contribution is 2.47. The van der Waals surface area contributed by atoms with Crippen molar-refractivity contribution >= 4 is 108 Å². The third-order valence-electron chi connectivity index (χ3n) is 9.88. The van der Waals surface area contributed by atoms with E-state index in [1.165, 1.54) is 47.8 Å². The molecule has 0 amide bonds. The van der Waals surface area contributed by atoms with Gasteiger partial charge in [0.05, 0.1) is 0 Å².